The zero-order valence-electron chi connectivity index (χ0n) is 18.9. The third-order valence-electron chi connectivity index (χ3n) is 5.54. The number of benzene rings is 3. The van der Waals surface area contributed by atoms with Crippen molar-refractivity contribution in [3.05, 3.63) is 65.0 Å². The highest BCUT2D eigenvalue weighted by atomic mass is 32.2. The molecule has 0 radical (unpaired) electrons. The van der Waals surface area contributed by atoms with Crippen molar-refractivity contribution >= 4 is 26.6 Å². The van der Waals surface area contributed by atoms with Crippen molar-refractivity contribution < 1.29 is 17.5 Å². The van der Waals surface area contributed by atoms with Crippen LogP contribution in [0.1, 0.15) is 50.6 Å². The highest BCUT2D eigenvalue weighted by Gasteiger charge is 2.30. The molecule has 0 spiro atoms. The number of ether oxygens (including phenoxy) is 1. The lowest BCUT2D eigenvalue weighted by molar-refractivity contribution is 0.441. The number of rotatable bonds is 5. The third-order valence-corrected chi connectivity index (χ3v) is 7.08. The Morgan fingerprint density at radius 1 is 1.21 bits per heavy atom. The summed E-state index contributed by atoms with van der Waals surface area (Å²) < 4.78 is 49.0. The second-order valence-corrected chi connectivity index (χ2v) is 10.8. The van der Waals surface area contributed by atoms with Crippen molar-refractivity contribution in [1.29, 1.82) is 5.41 Å². The predicted molar refractivity (Wildman–Crippen MR) is 127 cm³/mol. The molecule has 174 valence electrons. The normalized spacial score (nSPS) is 16.1. The topological polar surface area (TPSA) is 117 Å². The Morgan fingerprint density at radius 2 is 1.94 bits per heavy atom. The Balaban J connectivity index is 1.94. The van der Waals surface area contributed by atoms with Gasteiger partial charge in [-0.15, -0.1) is 0 Å². The van der Waals surface area contributed by atoms with E-state index in [2.05, 4.69) is 10.0 Å². The van der Waals surface area contributed by atoms with Crippen LogP contribution >= 0.6 is 0 Å². The van der Waals surface area contributed by atoms with Crippen LogP contribution in [0.15, 0.2) is 47.4 Å². The summed E-state index contributed by atoms with van der Waals surface area (Å²) in [4.78, 5) is 0.0534. The summed E-state index contributed by atoms with van der Waals surface area (Å²) in [5, 5.41) is 12.3. The molecule has 1 aliphatic rings. The van der Waals surface area contributed by atoms with E-state index in [0.29, 0.717) is 27.5 Å². The second kappa shape index (κ2) is 8.09. The highest BCUT2D eigenvalue weighted by molar-refractivity contribution is 7.89. The van der Waals surface area contributed by atoms with E-state index >= 15 is 4.39 Å². The molecule has 1 aliphatic heterocycles. The molecule has 0 aromatic heterocycles. The van der Waals surface area contributed by atoms with E-state index in [4.69, 9.17) is 15.9 Å². The molecule has 7 nitrogen and oxygen atoms in total. The largest absolute Gasteiger partial charge is 0.456 e. The Kier molecular flexibility index (Phi) is 5.68. The molecule has 3 aromatic carbocycles. The summed E-state index contributed by atoms with van der Waals surface area (Å²) in [6.07, 6.45) is -0.542. The average molecular weight is 471 g/mol. The maximum atomic E-state index is 15.4. The summed E-state index contributed by atoms with van der Waals surface area (Å²) in [5.41, 5.74) is 7.15. The molecule has 1 unspecified atom stereocenters. The number of hydrogen-bond acceptors (Lipinski definition) is 5. The van der Waals surface area contributed by atoms with E-state index in [-0.39, 0.29) is 28.8 Å². The smallest absolute Gasteiger partial charge is 0.240 e. The van der Waals surface area contributed by atoms with Crippen molar-refractivity contribution in [1.82, 2.24) is 10.0 Å². The van der Waals surface area contributed by atoms with Gasteiger partial charge in [0.15, 0.2) is 0 Å². The van der Waals surface area contributed by atoms with Gasteiger partial charge in [-0.05, 0) is 41.1 Å². The molecule has 0 fully saturated rings. The highest BCUT2D eigenvalue weighted by Crippen LogP contribution is 2.43. The first-order valence-corrected chi connectivity index (χ1v) is 12.1. The van der Waals surface area contributed by atoms with Gasteiger partial charge in [0.25, 0.3) is 0 Å². The predicted octanol–water partition coefficient (Wildman–Crippen LogP) is 4.25. The number of hydrogen-bond donors (Lipinski definition) is 4. The van der Waals surface area contributed by atoms with E-state index < -0.39 is 27.4 Å². The molecule has 5 N–H and O–H groups in total. The van der Waals surface area contributed by atoms with E-state index in [9.17, 15) is 8.42 Å². The first-order valence-electron chi connectivity index (χ1n) is 10.6. The molecule has 1 atom stereocenters. The van der Waals surface area contributed by atoms with Gasteiger partial charge in [-0.3, -0.25) is 5.41 Å². The molecule has 9 heteroatoms. The summed E-state index contributed by atoms with van der Waals surface area (Å²) >= 11 is 0. The minimum atomic E-state index is -3.69. The van der Waals surface area contributed by atoms with Crippen LogP contribution in [0, 0.1) is 11.2 Å². The summed E-state index contributed by atoms with van der Waals surface area (Å²) in [5.74, 6) is 0.296. The number of halogens is 1. The molecule has 0 bridgehead atoms. The Morgan fingerprint density at radius 3 is 2.61 bits per heavy atom. The maximum absolute atomic E-state index is 15.4. The van der Waals surface area contributed by atoms with Gasteiger partial charge in [-0.2, -0.15) is 0 Å². The average Bonchev–Trinajstić information content (AvgIpc) is 2.99. The fraction of sp³-hybridized carbons (Fsp3) is 0.292. The molecule has 3 aromatic rings. The summed E-state index contributed by atoms with van der Waals surface area (Å²) in [6.45, 7) is 7.58. The summed E-state index contributed by atoms with van der Waals surface area (Å²) in [6, 6.07) is 11.1. The van der Waals surface area contributed by atoms with Crippen molar-refractivity contribution in [2.24, 2.45) is 5.73 Å². The molecule has 1 heterocycles. The molecule has 0 saturated carbocycles. The molecule has 0 amide bonds. The van der Waals surface area contributed by atoms with Crippen LogP contribution in [0.4, 0.5) is 4.39 Å². The van der Waals surface area contributed by atoms with Crippen LogP contribution in [-0.2, 0) is 15.4 Å². The lowest BCUT2D eigenvalue weighted by Gasteiger charge is -2.25. The minimum Gasteiger partial charge on any atom is -0.456 e. The number of fused-ring (bicyclic) bond motifs is 2. The monoisotopic (exact) mass is 470 g/mol. The first kappa shape index (κ1) is 23.2. The Hall–Kier alpha value is -3.01. The maximum Gasteiger partial charge on any atom is 0.240 e. The van der Waals surface area contributed by atoms with Gasteiger partial charge >= 0.3 is 0 Å². The van der Waals surface area contributed by atoms with Crippen LogP contribution < -0.4 is 20.5 Å². The quantitative estimate of drug-likeness (QED) is 0.445. The second-order valence-electron chi connectivity index (χ2n) is 9.05. The number of amidine groups is 1. The molecular weight excluding hydrogens is 443 g/mol. The SMILES string of the molecule is CCNS(=O)(=O)c1cccc(Oc2c(C(C)(C)C)c(F)cc3cc4c(cc23)C(=N)NC4N)c1. The number of nitrogens with two attached hydrogens (primary N) is 1. The Labute approximate surface area is 192 Å². The van der Waals surface area contributed by atoms with Crippen molar-refractivity contribution in [2.45, 2.75) is 44.2 Å². The van der Waals surface area contributed by atoms with Gasteiger partial charge in [0.2, 0.25) is 10.0 Å². The molecule has 33 heavy (non-hydrogen) atoms. The van der Waals surface area contributed by atoms with Gasteiger partial charge in [-0.25, -0.2) is 17.5 Å². The molecule has 0 aliphatic carbocycles. The van der Waals surface area contributed by atoms with E-state index in [0.717, 1.165) is 0 Å². The lowest BCUT2D eigenvalue weighted by Crippen LogP contribution is -2.25. The standard InChI is InChI=1S/C24H27FN4O3S/c1-5-28-33(30,31)15-8-6-7-14(11-15)32-21-16-12-18-17(22(26)29-23(18)27)9-13(16)10-19(25)20(21)24(2,3)4/h6-12,22,28H,5,26H2,1-4H3,(H2,27,29). The van der Waals surface area contributed by atoms with E-state index in [1.54, 1.807) is 31.2 Å². The van der Waals surface area contributed by atoms with Crippen LogP contribution in [0.25, 0.3) is 10.8 Å². The zero-order valence-corrected chi connectivity index (χ0v) is 19.7. The Bertz CT molecular complexity index is 1380. The number of sulfonamides is 1. The van der Waals surface area contributed by atoms with Crippen molar-refractivity contribution in [3.8, 4) is 11.5 Å². The van der Waals surface area contributed by atoms with E-state index in [1.807, 2.05) is 20.8 Å². The molecular formula is C24H27FN4O3S. The lowest BCUT2D eigenvalue weighted by atomic mass is 9.83. The summed E-state index contributed by atoms with van der Waals surface area (Å²) in [7, 11) is -3.69. The zero-order chi connectivity index (χ0) is 24.1. The third kappa shape index (κ3) is 4.19. The van der Waals surface area contributed by atoms with Gasteiger partial charge in [0, 0.05) is 34.7 Å². The minimum absolute atomic E-state index is 0.0534. The van der Waals surface area contributed by atoms with Gasteiger partial charge < -0.3 is 15.8 Å². The van der Waals surface area contributed by atoms with Crippen LogP contribution in [-0.4, -0.2) is 20.8 Å². The van der Waals surface area contributed by atoms with Gasteiger partial charge in [0.1, 0.15) is 29.3 Å². The van der Waals surface area contributed by atoms with Crippen molar-refractivity contribution in [2.75, 3.05) is 6.54 Å². The van der Waals surface area contributed by atoms with Gasteiger partial charge in [0.05, 0.1) is 4.90 Å². The van der Waals surface area contributed by atoms with Gasteiger partial charge in [-0.1, -0.05) is 33.8 Å². The van der Waals surface area contributed by atoms with E-state index in [1.165, 1.54) is 18.2 Å². The fourth-order valence-corrected chi connectivity index (χ4v) is 5.16. The van der Waals surface area contributed by atoms with Crippen molar-refractivity contribution in [3.63, 3.8) is 0 Å². The first-order chi connectivity index (χ1) is 15.4. The van der Waals surface area contributed by atoms with Crippen LogP contribution in [0.3, 0.4) is 0 Å². The van der Waals surface area contributed by atoms with Crippen LogP contribution in [0.2, 0.25) is 0 Å². The fourth-order valence-electron chi connectivity index (χ4n) is 4.09. The van der Waals surface area contributed by atoms with Crippen LogP contribution in [0.5, 0.6) is 11.5 Å². The number of nitrogens with one attached hydrogen (secondary N) is 3. The molecule has 0 saturated heterocycles. The molecule has 4 rings (SSSR count).